The van der Waals surface area contributed by atoms with Gasteiger partial charge in [0, 0.05) is 20.8 Å². The predicted molar refractivity (Wildman–Crippen MR) is 62.0 cm³/mol. The molecular formula is C12H15NO7. The number of esters is 3. The van der Waals surface area contributed by atoms with Crippen molar-refractivity contribution in [1.82, 2.24) is 0 Å². The van der Waals surface area contributed by atoms with Crippen LogP contribution in [0.15, 0.2) is 0 Å². The zero-order chi connectivity index (χ0) is 15.3. The summed E-state index contributed by atoms with van der Waals surface area (Å²) in [5.74, 6) is -1.92. The highest BCUT2D eigenvalue weighted by molar-refractivity contribution is 5.68. The highest BCUT2D eigenvalue weighted by Crippen LogP contribution is 2.24. The van der Waals surface area contributed by atoms with E-state index in [0.717, 1.165) is 13.8 Å². The van der Waals surface area contributed by atoms with Crippen LogP contribution in [0.4, 0.5) is 0 Å². The minimum atomic E-state index is -1.15. The largest absolute Gasteiger partial charge is 0.456 e. The smallest absolute Gasteiger partial charge is 0.303 e. The summed E-state index contributed by atoms with van der Waals surface area (Å²) in [6, 6.07) is 1.81. The third kappa shape index (κ3) is 4.20. The molecule has 0 radical (unpaired) electrons. The summed E-state index contributed by atoms with van der Waals surface area (Å²) < 4.78 is 20.1. The van der Waals surface area contributed by atoms with Crippen molar-refractivity contribution in [2.45, 2.75) is 45.2 Å². The summed E-state index contributed by atoms with van der Waals surface area (Å²) in [4.78, 5) is 33.3. The molecule has 0 bridgehead atoms. The maximum absolute atomic E-state index is 11.1. The average Bonchev–Trinajstić information content (AvgIpc) is 2.31. The Hall–Kier alpha value is -2.14. The Labute approximate surface area is 115 Å². The Balaban J connectivity index is 2.99. The molecule has 1 saturated heterocycles. The lowest BCUT2D eigenvalue weighted by Crippen LogP contribution is -2.57. The molecule has 1 fully saturated rings. The molecule has 8 nitrogen and oxygen atoms in total. The van der Waals surface area contributed by atoms with E-state index in [1.165, 1.54) is 6.92 Å². The van der Waals surface area contributed by atoms with Crippen molar-refractivity contribution in [3.63, 3.8) is 0 Å². The Bertz CT molecular complexity index is 442. The Morgan fingerprint density at radius 2 is 1.50 bits per heavy atom. The van der Waals surface area contributed by atoms with Crippen LogP contribution in [0, 0.1) is 11.3 Å². The molecule has 0 N–H and O–H groups in total. The van der Waals surface area contributed by atoms with Crippen molar-refractivity contribution in [3.8, 4) is 6.07 Å². The standard InChI is InChI=1S/C12H15NO7/c1-6(14)18-10-5-17-9(4-13)11(19-7(2)15)12(10)20-8(3)16/h9-12H,5H2,1-3H3/t9?,10-,11+,12+/m1/s1. The fourth-order valence-electron chi connectivity index (χ4n) is 1.85. The minimum Gasteiger partial charge on any atom is -0.456 e. The number of hydrogen-bond acceptors (Lipinski definition) is 8. The maximum Gasteiger partial charge on any atom is 0.303 e. The average molecular weight is 285 g/mol. The highest BCUT2D eigenvalue weighted by Gasteiger charge is 2.46. The number of carbonyl (C=O) groups excluding carboxylic acids is 3. The zero-order valence-corrected chi connectivity index (χ0v) is 11.3. The third-order valence-electron chi connectivity index (χ3n) is 2.48. The van der Waals surface area contributed by atoms with Gasteiger partial charge in [-0.3, -0.25) is 14.4 Å². The topological polar surface area (TPSA) is 112 Å². The fraction of sp³-hybridized carbons (Fsp3) is 0.667. The first-order valence-corrected chi connectivity index (χ1v) is 5.88. The molecule has 0 aliphatic carbocycles. The first-order valence-electron chi connectivity index (χ1n) is 5.88. The number of carbonyl (C=O) groups is 3. The van der Waals surface area contributed by atoms with E-state index >= 15 is 0 Å². The van der Waals surface area contributed by atoms with Crippen molar-refractivity contribution in [1.29, 1.82) is 5.26 Å². The Morgan fingerprint density at radius 3 is 1.95 bits per heavy atom. The second-order valence-electron chi connectivity index (χ2n) is 4.18. The van der Waals surface area contributed by atoms with Gasteiger partial charge in [-0.1, -0.05) is 0 Å². The lowest BCUT2D eigenvalue weighted by Gasteiger charge is -2.37. The molecule has 4 atom stereocenters. The summed E-state index contributed by atoms with van der Waals surface area (Å²) in [5.41, 5.74) is 0. The normalized spacial score (nSPS) is 28.9. The first kappa shape index (κ1) is 15.9. The molecule has 0 spiro atoms. The van der Waals surface area contributed by atoms with Gasteiger partial charge in [-0.2, -0.15) is 5.26 Å². The molecular weight excluding hydrogens is 270 g/mol. The Morgan fingerprint density at radius 1 is 1.00 bits per heavy atom. The van der Waals surface area contributed by atoms with Gasteiger partial charge in [0.2, 0.25) is 0 Å². The van der Waals surface area contributed by atoms with E-state index in [4.69, 9.17) is 24.2 Å². The second-order valence-corrected chi connectivity index (χ2v) is 4.18. The number of hydrogen-bond donors (Lipinski definition) is 0. The van der Waals surface area contributed by atoms with E-state index in [2.05, 4.69) is 0 Å². The summed E-state index contributed by atoms with van der Waals surface area (Å²) >= 11 is 0. The molecule has 110 valence electrons. The number of nitriles is 1. The fourth-order valence-corrected chi connectivity index (χ4v) is 1.85. The lowest BCUT2D eigenvalue weighted by atomic mass is 10.00. The molecule has 8 heteroatoms. The van der Waals surface area contributed by atoms with Crippen LogP contribution >= 0.6 is 0 Å². The summed E-state index contributed by atoms with van der Waals surface area (Å²) in [6.07, 6.45) is -4.28. The molecule has 1 aliphatic heterocycles. The van der Waals surface area contributed by atoms with Gasteiger partial charge < -0.3 is 18.9 Å². The van der Waals surface area contributed by atoms with Crippen molar-refractivity contribution < 1.29 is 33.3 Å². The summed E-state index contributed by atoms with van der Waals surface area (Å²) in [7, 11) is 0. The molecule has 0 aromatic rings. The molecule has 0 amide bonds. The van der Waals surface area contributed by atoms with Gasteiger partial charge in [0.05, 0.1) is 12.7 Å². The van der Waals surface area contributed by atoms with Gasteiger partial charge in [-0.25, -0.2) is 0 Å². The number of nitrogens with zero attached hydrogens (tertiary/aromatic N) is 1. The van der Waals surface area contributed by atoms with Crippen molar-refractivity contribution in [2.75, 3.05) is 6.61 Å². The molecule has 0 aromatic heterocycles. The molecule has 0 saturated carbocycles. The first-order chi connectivity index (χ1) is 9.35. The van der Waals surface area contributed by atoms with E-state index in [1.54, 1.807) is 6.07 Å². The van der Waals surface area contributed by atoms with Crippen LogP contribution in [-0.2, 0) is 33.3 Å². The van der Waals surface area contributed by atoms with E-state index in [9.17, 15) is 14.4 Å². The predicted octanol–water partition coefficient (Wildman–Crippen LogP) is -0.296. The van der Waals surface area contributed by atoms with Gasteiger partial charge >= 0.3 is 17.9 Å². The SMILES string of the molecule is CC(=O)O[C@H]1[C@H](OC(C)=O)COC(C#N)[C@@H]1OC(C)=O. The number of rotatable bonds is 3. The van der Waals surface area contributed by atoms with E-state index in [-0.39, 0.29) is 6.61 Å². The van der Waals surface area contributed by atoms with E-state index < -0.39 is 42.3 Å². The summed E-state index contributed by atoms with van der Waals surface area (Å²) in [6.45, 7) is 3.36. The van der Waals surface area contributed by atoms with Gasteiger partial charge in [0.15, 0.2) is 24.4 Å². The van der Waals surface area contributed by atoms with Crippen LogP contribution in [0.3, 0.4) is 0 Å². The van der Waals surface area contributed by atoms with Crippen LogP contribution in [0.25, 0.3) is 0 Å². The Kier molecular flexibility index (Phi) is 5.46. The number of ether oxygens (including phenoxy) is 4. The monoisotopic (exact) mass is 285 g/mol. The molecule has 0 aromatic carbocycles. The molecule has 1 unspecified atom stereocenters. The highest BCUT2D eigenvalue weighted by atomic mass is 16.6. The van der Waals surface area contributed by atoms with Crippen LogP contribution < -0.4 is 0 Å². The van der Waals surface area contributed by atoms with Crippen molar-refractivity contribution in [3.05, 3.63) is 0 Å². The maximum atomic E-state index is 11.1. The quantitative estimate of drug-likeness (QED) is 0.513. The van der Waals surface area contributed by atoms with Gasteiger partial charge in [-0.15, -0.1) is 0 Å². The van der Waals surface area contributed by atoms with Crippen LogP contribution in [-0.4, -0.2) is 48.9 Å². The summed E-state index contributed by atoms with van der Waals surface area (Å²) in [5, 5.41) is 8.98. The van der Waals surface area contributed by atoms with Crippen molar-refractivity contribution in [2.24, 2.45) is 0 Å². The minimum absolute atomic E-state index is 0.131. The van der Waals surface area contributed by atoms with Crippen LogP contribution in [0.2, 0.25) is 0 Å². The van der Waals surface area contributed by atoms with Crippen LogP contribution in [0.1, 0.15) is 20.8 Å². The van der Waals surface area contributed by atoms with Crippen LogP contribution in [0.5, 0.6) is 0 Å². The van der Waals surface area contributed by atoms with Gasteiger partial charge in [0.25, 0.3) is 0 Å². The molecule has 20 heavy (non-hydrogen) atoms. The third-order valence-corrected chi connectivity index (χ3v) is 2.48. The van der Waals surface area contributed by atoms with Crippen molar-refractivity contribution >= 4 is 17.9 Å². The lowest BCUT2D eigenvalue weighted by molar-refractivity contribution is -0.217. The molecule has 1 aliphatic rings. The van der Waals surface area contributed by atoms with E-state index in [1.807, 2.05) is 0 Å². The van der Waals surface area contributed by atoms with Gasteiger partial charge in [-0.05, 0) is 0 Å². The molecule has 1 rings (SSSR count). The van der Waals surface area contributed by atoms with Gasteiger partial charge in [0.1, 0.15) is 0 Å². The molecule has 1 heterocycles. The second kappa shape index (κ2) is 6.86. The van der Waals surface area contributed by atoms with E-state index in [0.29, 0.717) is 0 Å². The zero-order valence-electron chi connectivity index (χ0n) is 11.3.